The van der Waals surface area contributed by atoms with Crippen LogP contribution in [0, 0.1) is 0 Å². The van der Waals surface area contributed by atoms with Crippen LogP contribution >= 0.6 is 0 Å². The molecule has 1 fully saturated rings. The lowest BCUT2D eigenvalue weighted by molar-refractivity contribution is 0.118. The summed E-state index contributed by atoms with van der Waals surface area (Å²) in [5, 5.41) is 11.5. The Hall–Kier alpha value is -2.11. The summed E-state index contributed by atoms with van der Waals surface area (Å²) in [5.74, 6) is 0.469. The van der Waals surface area contributed by atoms with Gasteiger partial charge in [-0.05, 0) is 49.3 Å². The van der Waals surface area contributed by atoms with Gasteiger partial charge in [-0.15, -0.1) is 0 Å². The lowest BCUT2D eigenvalue weighted by Gasteiger charge is -2.13. The molecule has 0 radical (unpaired) electrons. The Labute approximate surface area is 160 Å². The van der Waals surface area contributed by atoms with Gasteiger partial charge in [-0.2, -0.15) is 0 Å². The van der Waals surface area contributed by atoms with Gasteiger partial charge in [0, 0.05) is 5.39 Å². The fourth-order valence-electron chi connectivity index (χ4n) is 4.29. The second kappa shape index (κ2) is 6.80. The van der Waals surface area contributed by atoms with E-state index in [9.17, 15) is 13.5 Å². The number of benzene rings is 2. The van der Waals surface area contributed by atoms with Crippen molar-refractivity contribution in [2.75, 3.05) is 12.4 Å². The minimum Gasteiger partial charge on any atom is -0.507 e. The molecule has 27 heavy (non-hydrogen) atoms. The molecule has 4 rings (SSSR count). The van der Waals surface area contributed by atoms with Crippen molar-refractivity contribution in [3.05, 3.63) is 58.7 Å². The van der Waals surface area contributed by atoms with Crippen molar-refractivity contribution in [1.29, 1.82) is 0 Å². The predicted octanol–water partition coefficient (Wildman–Crippen LogP) is 4.24. The van der Waals surface area contributed by atoms with Crippen LogP contribution in [0.2, 0.25) is 0 Å². The van der Waals surface area contributed by atoms with Gasteiger partial charge in [0.25, 0.3) is 0 Å². The van der Waals surface area contributed by atoms with Crippen LogP contribution in [0.1, 0.15) is 32.3 Å². The van der Waals surface area contributed by atoms with Gasteiger partial charge in [0.2, 0.25) is 0 Å². The van der Waals surface area contributed by atoms with Crippen LogP contribution in [0.15, 0.2) is 53.1 Å². The van der Waals surface area contributed by atoms with E-state index in [1.165, 1.54) is 5.57 Å². The molecule has 0 aromatic heterocycles. The molecular weight excluding hydrogens is 360 g/mol. The topological polar surface area (TPSA) is 63.6 Å². The first kappa shape index (κ1) is 18.3. The van der Waals surface area contributed by atoms with Gasteiger partial charge in [-0.1, -0.05) is 47.6 Å². The Morgan fingerprint density at radius 1 is 1.22 bits per heavy atom. The number of hydrogen-bond acceptors (Lipinski definition) is 4. The van der Waals surface area contributed by atoms with Crippen molar-refractivity contribution in [2.45, 2.75) is 38.0 Å². The fourth-order valence-corrected chi connectivity index (χ4v) is 6.29. The molecule has 4 nitrogen and oxygen atoms in total. The molecule has 0 saturated carbocycles. The molecule has 0 amide bonds. The number of aromatic hydroxyl groups is 1. The van der Waals surface area contributed by atoms with Gasteiger partial charge in [-0.3, -0.25) is 0 Å². The van der Waals surface area contributed by atoms with Gasteiger partial charge in [0.05, 0.1) is 18.5 Å². The molecule has 0 bridgehead atoms. The van der Waals surface area contributed by atoms with E-state index in [1.54, 1.807) is 6.07 Å². The third kappa shape index (κ3) is 3.30. The Morgan fingerprint density at radius 3 is 2.74 bits per heavy atom. The number of allylic oxidation sites excluding steroid dienone is 1. The van der Waals surface area contributed by atoms with Crippen LogP contribution in [0.3, 0.4) is 0 Å². The highest BCUT2D eigenvalue weighted by Crippen LogP contribution is 2.38. The smallest absolute Gasteiger partial charge is 0.163 e. The van der Waals surface area contributed by atoms with Gasteiger partial charge < -0.3 is 9.84 Å². The SMILES string of the molecule is CC1=C2[C@@H](CC/C(C)=C/c3ccc(O)c4ccccc34)OC[C@@H]2S(=O)(=O)C1. The average Bonchev–Trinajstić information content (AvgIpc) is 3.16. The molecule has 2 heterocycles. The molecule has 5 heteroatoms. The summed E-state index contributed by atoms with van der Waals surface area (Å²) in [6.45, 7) is 4.30. The quantitative estimate of drug-likeness (QED) is 0.801. The van der Waals surface area contributed by atoms with E-state index in [0.717, 1.165) is 40.3 Å². The van der Waals surface area contributed by atoms with E-state index in [1.807, 2.05) is 37.3 Å². The molecule has 0 aliphatic carbocycles. The molecule has 2 aromatic carbocycles. The monoisotopic (exact) mass is 384 g/mol. The zero-order chi connectivity index (χ0) is 19.2. The van der Waals surface area contributed by atoms with E-state index in [2.05, 4.69) is 13.0 Å². The van der Waals surface area contributed by atoms with Gasteiger partial charge in [-0.25, -0.2) is 8.42 Å². The second-order valence-electron chi connectivity index (χ2n) is 7.60. The van der Waals surface area contributed by atoms with E-state index < -0.39 is 15.1 Å². The van der Waals surface area contributed by atoms with E-state index in [0.29, 0.717) is 6.61 Å². The first-order chi connectivity index (χ1) is 12.9. The first-order valence-electron chi connectivity index (χ1n) is 9.27. The third-order valence-electron chi connectivity index (χ3n) is 5.62. The molecular formula is C22H24O4S. The highest BCUT2D eigenvalue weighted by atomic mass is 32.2. The van der Waals surface area contributed by atoms with Crippen molar-refractivity contribution >= 4 is 26.7 Å². The predicted molar refractivity (Wildman–Crippen MR) is 109 cm³/mol. The lowest BCUT2D eigenvalue weighted by atomic mass is 9.96. The van der Waals surface area contributed by atoms with Crippen LogP contribution in [0.25, 0.3) is 16.8 Å². The van der Waals surface area contributed by atoms with Crippen molar-refractivity contribution in [3.8, 4) is 5.75 Å². The summed E-state index contributed by atoms with van der Waals surface area (Å²) >= 11 is 0. The Kier molecular flexibility index (Phi) is 4.60. The standard InChI is InChI=1S/C22H24O4S/c1-14(11-16-8-9-19(23)18-6-4-3-5-17(16)18)7-10-20-22-15(2)13-27(24,25)21(22)12-26-20/h3-6,8-9,11,20-21,23H,7,10,12-13H2,1-2H3/b14-11+/t20-,21+/m1/s1. The van der Waals surface area contributed by atoms with Crippen LogP contribution in [0.5, 0.6) is 5.75 Å². The number of phenols is 1. The van der Waals surface area contributed by atoms with Gasteiger partial charge in [0.1, 0.15) is 11.0 Å². The lowest BCUT2D eigenvalue weighted by Crippen LogP contribution is -2.19. The molecule has 2 aromatic rings. The Morgan fingerprint density at radius 2 is 1.96 bits per heavy atom. The highest BCUT2D eigenvalue weighted by Gasteiger charge is 2.45. The summed E-state index contributed by atoms with van der Waals surface area (Å²) in [4.78, 5) is 0. The molecule has 2 atom stereocenters. The minimum atomic E-state index is -3.06. The molecule has 1 N–H and O–H groups in total. The Balaban J connectivity index is 1.52. The second-order valence-corrected chi connectivity index (χ2v) is 9.79. The summed E-state index contributed by atoms with van der Waals surface area (Å²) in [5.41, 5.74) is 4.24. The van der Waals surface area contributed by atoms with Crippen LogP contribution < -0.4 is 0 Å². The zero-order valence-corrected chi connectivity index (χ0v) is 16.4. The van der Waals surface area contributed by atoms with Crippen molar-refractivity contribution < 1.29 is 18.3 Å². The number of sulfone groups is 1. The summed E-state index contributed by atoms with van der Waals surface area (Å²) in [6, 6.07) is 11.5. The van der Waals surface area contributed by atoms with E-state index in [4.69, 9.17) is 4.74 Å². The number of ether oxygens (including phenoxy) is 1. The maximum atomic E-state index is 12.2. The number of hydrogen-bond donors (Lipinski definition) is 1. The largest absolute Gasteiger partial charge is 0.507 e. The van der Waals surface area contributed by atoms with E-state index >= 15 is 0 Å². The minimum absolute atomic E-state index is 0.0906. The number of phenolic OH excluding ortho intramolecular Hbond substituents is 1. The van der Waals surface area contributed by atoms with E-state index in [-0.39, 0.29) is 17.6 Å². The number of fused-ring (bicyclic) bond motifs is 2. The van der Waals surface area contributed by atoms with Crippen LogP contribution in [0.4, 0.5) is 0 Å². The zero-order valence-electron chi connectivity index (χ0n) is 15.6. The van der Waals surface area contributed by atoms with Crippen molar-refractivity contribution in [3.63, 3.8) is 0 Å². The summed E-state index contributed by atoms with van der Waals surface area (Å²) in [7, 11) is -3.06. The van der Waals surface area contributed by atoms with Crippen molar-refractivity contribution in [2.24, 2.45) is 0 Å². The average molecular weight is 384 g/mol. The fraction of sp³-hybridized carbons (Fsp3) is 0.364. The molecule has 2 aliphatic heterocycles. The maximum Gasteiger partial charge on any atom is 0.163 e. The molecule has 1 saturated heterocycles. The number of rotatable bonds is 4. The Bertz CT molecular complexity index is 1060. The third-order valence-corrected chi connectivity index (χ3v) is 7.72. The molecule has 142 valence electrons. The summed E-state index contributed by atoms with van der Waals surface area (Å²) in [6.07, 6.45) is 3.67. The van der Waals surface area contributed by atoms with Crippen molar-refractivity contribution in [1.82, 2.24) is 0 Å². The van der Waals surface area contributed by atoms with Gasteiger partial charge >= 0.3 is 0 Å². The van der Waals surface area contributed by atoms with Gasteiger partial charge in [0.15, 0.2) is 9.84 Å². The molecule has 0 unspecified atom stereocenters. The first-order valence-corrected chi connectivity index (χ1v) is 11.0. The normalized spacial score (nSPS) is 24.6. The highest BCUT2D eigenvalue weighted by molar-refractivity contribution is 7.92. The maximum absolute atomic E-state index is 12.2. The summed E-state index contributed by atoms with van der Waals surface area (Å²) < 4.78 is 30.2. The van der Waals surface area contributed by atoms with Crippen LogP contribution in [-0.2, 0) is 14.6 Å². The molecule has 2 aliphatic rings. The molecule has 0 spiro atoms. The van der Waals surface area contributed by atoms with Crippen LogP contribution in [-0.4, -0.2) is 37.2 Å².